The molecule has 0 bridgehead atoms. The van der Waals surface area contributed by atoms with E-state index in [1.54, 1.807) is 6.92 Å². The lowest BCUT2D eigenvalue weighted by molar-refractivity contribution is 0.0541. The predicted molar refractivity (Wildman–Crippen MR) is 48.1 cm³/mol. The van der Waals surface area contributed by atoms with Gasteiger partial charge >= 0.3 is 0 Å². The molecule has 0 amide bonds. The molecule has 3 heteroatoms. The zero-order valence-electron chi connectivity index (χ0n) is 7.92. The van der Waals surface area contributed by atoms with E-state index < -0.39 is 0 Å². The van der Waals surface area contributed by atoms with E-state index >= 15 is 0 Å². The molecule has 0 saturated carbocycles. The molecule has 1 heterocycles. The lowest BCUT2D eigenvalue weighted by Crippen LogP contribution is -2.32. The van der Waals surface area contributed by atoms with E-state index in [-0.39, 0.29) is 6.10 Å². The number of aliphatic hydroxyl groups is 1. The fourth-order valence-electron chi connectivity index (χ4n) is 1.49. The Morgan fingerprint density at radius 3 is 2.83 bits per heavy atom. The minimum absolute atomic E-state index is 0.260. The van der Waals surface area contributed by atoms with Gasteiger partial charge in [-0.05, 0) is 26.7 Å². The number of hydrogen-bond donors (Lipinski definition) is 2. The maximum absolute atomic E-state index is 8.97. The summed E-state index contributed by atoms with van der Waals surface area (Å²) in [4.78, 5) is 0. The van der Waals surface area contributed by atoms with Crippen molar-refractivity contribution >= 4 is 0 Å². The molecule has 1 aliphatic heterocycles. The monoisotopic (exact) mass is 173 g/mol. The van der Waals surface area contributed by atoms with Crippen molar-refractivity contribution in [1.29, 1.82) is 0 Å². The minimum atomic E-state index is -0.260. The standard InChI is InChI=1S/C9H19NO2/c1-7(11)5-10-6-9-4-3-8(2)12-9/h7-11H,3-6H2,1-2H3. The van der Waals surface area contributed by atoms with Gasteiger partial charge in [0, 0.05) is 13.1 Å². The SMILES string of the molecule is CC(O)CNCC1CCC(C)O1. The summed E-state index contributed by atoms with van der Waals surface area (Å²) in [5.74, 6) is 0. The quantitative estimate of drug-likeness (QED) is 0.651. The molecule has 3 nitrogen and oxygen atoms in total. The van der Waals surface area contributed by atoms with Gasteiger partial charge in [0.15, 0.2) is 0 Å². The summed E-state index contributed by atoms with van der Waals surface area (Å²) < 4.78 is 5.60. The highest BCUT2D eigenvalue weighted by Crippen LogP contribution is 2.17. The number of aliphatic hydroxyl groups excluding tert-OH is 1. The van der Waals surface area contributed by atoms with Crippen LogP contribution in [-0.2, 0) is 4.74 Å². The van der Waals surface area contributed by atoms with Crippen LogP contribution in [-0.4, -0.2) is 36.5 Å². The van der Waals surface area contributed by atoms with E-state index in [4.69, 9.17) is 9.84 Å². The van der Waals surface area contributed by atoms with Gasteiger partial charge in [-0.25, -0.2) is 0 Å². The van der Waals surface area contributed by atoms with Crippen molar-refractivity contribution in [2.24, 2.45) is 0 Å². The van der Waals surface area contributed by atoms with E-state index in [0.29, 0.717) is 18.8 Å². The van der Waals surface area contributed by atoms with Crippen molar-refractivity contribution in [2.45, 2.75) is 45.0 Å². The summed E-state index contributed by atoms with van der Waals surface area (Å²) in [6.45, 7) is 5.42. The molecule has 2 N–H and O–H groups in total. The topological polar surface area (TPSA) is 41.5 Å². The molecule has 1 aliphatic rings. The van der Waals surface area contributed by atoms with Crippen molar-refractivity contribution in [3.63, 3.8) is 0 Å². The van der Waals surface area contributed by atoms with E-state index in [9.17, 15) is 0 Å². The molecule has 1 rings (SSSR count). The molecular weight excluding hydrogens is 154 g/mol. The Labute approximate surface area is 74.1 Å². The van der Waals surface area contributed by atoms with Crippen LogP contribution in [0.25, 0.3) is 0 Å². The molecule has 72 valence electrons. The first-order valence-corrected chi connectivity index (χ1v) is 4.72. The van der Waals surface area contributed by atoms with Crippen LogP contribution in [0.15, 0.2) is 0 Å². The third kappa shape index (κ3) is 3.52. The molecule has 1 saturated heterocycles. The van der Waals surface area contributed by atoms with Crippen molar-refractivity contribution in [3.8, 4) is 0 Å². The van der Waals surface area contributed by atoms with Gasteiger partial charge in [0.1, 0.15) is 0 Å². The first-order chi connectivity index (χ1) is 5.68. The van der Waals surface area contributed by atoms with Crippen LogP contribution in [0.2, 0.25) is 0 Å². The van der Waals surface area contributed by atoms with Crippen LogP contribution in [0.1, 0.15) is 26.7 Å². The summed E-state index contributed by atoms with van der Waals surface area (Å²) in [6.07, 6.45) is 2.83. The van der Waals surface area contributed by atoms with Gasteiger partial charge in [-0.2, -0.15) is 0 Å². The smallest absolute Gasteiger partial charge is 0.0704 e. The highest BCUT2D eigenvalue weighted by molar-refractivity contribution is 4.72. The zero-order valence-corrected chi connectivity index (χ0v) is 7.92. The van der Waals surface area contributed by atoms with Crippen molar-refractivity contribution < 1.29 is 9.84 Å². The highest BCUT2D eigenvalue weighted by atomic mass is 16.5. The lowest BCUT2D eigenvalue weighted by Gasteiger charge is -2.12. The molecule has 0 aromatic carbocycles. The van der Waals surface area contributed by atoms with Crippen LogP contribution in [0, 0.1) is 0 Å². The number of nitrogens with one attached hydrogen (secondary N) is 1. The molecule has 0 aromatic rings. The summed E-state index contributed by atoms with van der Waals surface area (Å²) in [5.41, 5.74) is 0. The summed E-state index contributed by atoms with van der Waals surface area (Å²) >= 11 is 0. The molecule has 0 radical (unpaired) electrons. The largest absolute Gasteiger partial charge is 0.392 e. The first-order valence-electron chi connectivity index (χ1n) is 4.72. The van der Waals surface area contributed by atoms with Crippen molar-refractivity contribution in [2.75, 3.05) is 13.1 Å². The maximum atomic E-state index is 8.97. The third-order valence-corrected chi connectivity index (χ3v) is 2.13. The van der Waals surface area contributed by atoms with Crippen molar-refractivity contribution in [1.82, 2.24) is 5.32 Å². The van der Waals surface area contributed by atoms with Gasteiger partial charge in [-0.1, -0.05) is 0 Å². The normalized spacial score (nSPS) is 32.2. The third-order valence-electron chi connectivity index (χ3n) is 2.13. The first kappa shape index (κ1) is 9.96. The fourth-order valence-corrected chi connectivity index (χ4v) is 1.49. The minimum Gasteiger partial charge on any atom is -0.392 e. The molecule has 3 unspecified atom stereocenters. The molecule has 12 heavy (non-hydrogen) atoms. The van der Waals surface area contributed by atoms with Gasteiger partial charge in [0.2, 0.25) is 0 Å². The number of rotatable bonds is 4. The Hall–Kier alpha value is -0.120. The van der Waals surface area contributed by atoms with Crippen LogP contribution < -0.4 is 5.32 Å². The molecule has 1 fully saturated rings. The summed E-state index contributed by atoms with van der Waals surface area (Å²) in [6, 6.07) is 0. The molecule has 0 aliphatic carbocycles. The zero-order chi connectivity index (χ0) is 8.97. The van der Waals surface area contributed by atoms with E-state index in [1.165, 1.54) is 6.42 Å². The average molecular weight is 173 g/mol. The highest BCUT2D eigenvalue weighted by Gasteiger charge is 2.20. The van der Waals surface area contributed by atoms with Gasteiger partial charge in [-0.15, -0.1) is 0 Å². The summed E-state index contributed by atoms with van der Waals surface area (Å²) in [5, 5.41) is 12.1. The molecule has 0 spiro atoms. The van der Waals surface area contributed by atoms with Crippen molar-refractivity contribution in [3.05, 3.63) is 0 Å². The van der Waals surface area contributed by atoms with Crippen LogP contribution >= 0.6 is 0 Å². The summed E-state index contributed by atoms with van der Waals surface area (Å²) in [7, 11) is 0. The van der Waals surface area contributed by atoms with Gasteiger partial charge in [0.05, 0.1) is 18.3 Å². The number of ether oxygens (including phenoxy) is 1. The van der Waals surface area contributed by atoms with Gasteiger partial charge in [-0.3, -0.25) is 0 Å². The van der Waals surface area contributed by atoms with Crippen LogP contribution in [0.5, 0.6) is 0 Å². The van der Waals surface area contributed by atoms with E-state index in [1.807, 2.05) is 0 Å². The maximum Gasteiger partial charge on any atom is 0.0704 e. The second kappa shape index (κ2) is 4.80. The van der Waals surface area contributed by atoms with E-state index in [0.717, 1.165) is 13.0 Å². The van der Waals surface area contributed by atoms with E-state index in [2.05, 4.69) is 12.2 Å². The Balaban J connectivity index is 2.00. The lowest BCUT2D eigenvalue weighted by atomic mass is 10.2. The Kier molecular flexibility index (Phi) is 3.98. The van der Waals surface area contributed by atoms with Crippen LogP contribution in [0.3, 0.4) is 0 Å². The van der Waals surface area contributed by atoms with Gasteiger partial charge < -0.3 is 15.2 Å². The molecule has 3 atom stereocenters. The number of hydrogen-bond acceptors (Lipinski definition) is 3. The second-order valence-electron chi connectivity index (χ2n) is 3.65. The Morgan fingerprint density at radius 2 is 2.33 bits per heavy atom. The van der Waals surface area contributed by atoms with Crippen LogP contribution in [0.4, 0.5) is 0 Å². The fraction of sp³-hybridized carbons (Fsp3) is 1.00. The average Bonchev–Trinajstić information content (AvgIpc) is 2.35. The Bertz CT molecular complexity index is 128. The Morgan fingerprint density at radius 1 is 1.58 bits per heavy atom. The molecule has 0 aromatic heterocycles. The predicted octanol–water partition coefficient (Wildman–Crippen LogP) is 0.524. The van der Waals surface area contributed by atoms with Gasteiger partial charge in [0.25, 0.3) is 0 Å². The molecular formula is C9H19NO2. The second-order valence-corrected chi connectivity index (χ2v) is 3.65.